The van der Waals surface area contributed by atoms with Crippen LogP contribution in [0.4, 0.5) is 0 Å². The normalized spacial score (nSPS) is 10.5. The lowest BCUT2D eigenvalue weighted by molar-refractivity contribution is 0.102. The number of rotatable bonds is 6. The number of fused-ring (bicyclic) bond motifs is 1. The fourth-order valence-corrected chi connectivity index (χ4v) is 3.81. The minimum Gasteiger partial charge on any atom is -0.494 e. The van der Waals surface area contributed by atoms with Crippen molar-refractivity contribution in [3.8, 4) is 5.75 Å². The highest BCUT2D eigenvalue weighted by Gasteiger charge is 2.13. The summed E-state index contributed by atoms with van der Waals surface area (Å²) >= 11 is 2.94. The Labute approximate surface area is 153 Å². The Bertz CT molecular complexity index is 800. The van der Waals surface area contributed by atoms with Gasteiger partial charge in [0.25, 0.3) is 0 Å². The van der Waals surface area contributed by atoms with Crippen LogP contribution in [0.3, 0.4) is 0 Å². The smallest absolute Gasteiger partial charge is 0.183 e. The average molecular weight is 413 g/mol. The van der Waals surface area contributed by atoms with Crippen molar-refractivity contribution in [3.05, 3.63) is 40.6 Å². The van der Waals surface area contributed by atoms with Gasteiger partial charge in [-0.15, -0.1) is 28.3 Å². The maximum atomic E-state index is 12.1. The van der Waals surface area contributed by atoms with Gasteiger partial charge >= 0.3 is 0 Å². The highest BCUT2D eigenvalue weighted by Crippen LogP contribution is 2.26. The molecule has 2 aromatic heterocycles. The number of aromatic nitrogens is 2. The number of hydrogen-bond acceptors (Lipinski definition) is 5. The highest BCUT2D eigenvalue weighted by atomic mass is 79.9. The number of imidazole rings is 1. The van der Waals surface area contributed by atoms with Gasteiger partial charge in [-0.3, -0.25) is 4.79 Å². The number of thioether (sulfide) groups is 1. The topological polar surface area (TPSA) is 44.1 Å². The molecule has 2 heterocycles. The van der Waals surface area contributed by atoms with Gasteiger partial charge in [0, 0.05) is 13.1 Å². The van der Waals surface area contributed by atoms with E-state index in [1.54, 1.807) is 0 Å². The molecule has 0 aliphatic heterocycles. The maximum Gasteiger partial charge on any atom is 0.183 e. The maximum absolute atomic E-state index is 12.1. The van der Waals surface area contributed by atoms with E-state index in [2.05, 4.69) is 4.98 Å². The summed E-state index contributed by atoms with van der Waals surface area (Å²) < 4.78 is 7.51. The summed E-state index contributed by atoms with van der Waals surface area (Å²) in [5, 5.41) is 2.76. The summed E-state index contributed by atoms with van der Waals surface area (Å²) in [6.45, 7) is 2.59. The minimum absolute atomic E-state index is 0. The number of carbonyl (C=O) groups is 1. The standard InChI is InChI=1S/C16H16N2O2S2.BrH/c1-3-20-11-6-7-13-12(9-11)17-16(18(13)2)22-10-14(19)15-5-4-8-21-15;/h4-9H,3,10H2,1-2H3;1H. The molecule has 0 fully saturated rings. The molecule has 0 N–H and O–H groups in total. The van der Waals surface area contributed by atoms with Gasteiger partial charge in [0.2, 0.25) is 0 Å². The SMILES string of the molecule is Br.CCOc1ccc2c(c1)nc(SCC(=O)c1cccs1)n2C. The summed E-state index contributed by atoms with van der Waals surface area (Å²) in [7, 11) is 1.97. The second kappa shape index (κ2) is 7.99. The monoisotopic (exact) mass is 412 g/mol. The quantitative estimate of drug-likeness (QED) is 0.438. The first-order valence-corrected chi connectivity index (χ1v) is 8.84. The van der Waals surface area contributed by atoms with Crippen LogP contribution >= 0.6 is 40.1 Å². The molecule has 7 heteroatoms. The number of carbonyl (C=O) groups excluding carboxylic acids is 1. The van der Waals surface area contributed by atoms with Crippen molar-refractivity contribution in [2.24, 2.45) is 7.05 Å². The van der Waals surface area contributed by atoms with Crippen LogP contribution in [0, 0.1) is 0 Å². The number of aryl methyl sites for hydroxylation is 1. The van der Waals surface area contributed by atoms with Gasteiger partial charge in [0.1, 0.15) is 5.75 Å². The molecule has 0 saturated heterocycles. The summed E-state index contributed by atoms with van der Waals surface area (Å²) in [4.78, 5) is 17.5. The third-order valence-corrected chi connectivity index (χ3v) is 5.19. The zero-order valence-electron chi connectivity index (χ0n) is 12.8. The Morgan fingerprint density at radius 3 is 2.91 bits per heavy atom. The number of Topliss-reactive ketones (excluding diaryl/α,β-unsaturated/α-hetero) is 1. The van der Waals surface area contributed by atoms with Crippen molar-refractivity contribution in [1.29, 1.82) is 0 Å². The molecule has 0 saturated carbocycles. The summed E-state index contributed by atoms with van der Waals surface area (Å²) in [6, 6.07) is 9.63. The Morgan fingerprint density at radius 2 is 2.22 bits per heavy atom. The van der Waals surface area contributed by atoms with E-state index < -0.39 is 0 Å². The van der Waals surface area contributed by atoms with E-state index in [1.165, 1.54) is 23.1 Å². The van der Waals surface area contributed by atoms with Gasteiger partial charge < -0.3 is 9.30 Å². The van der Waals surface area contributed by atoms with E-state index in [1.807, 2.05) is 54.3 Å². The van der Waals surface area contributed by atoms with Gasteiger partial charge in [-0.1, -0.05) is 17.8 Å². The Hall–Kier alpha value is -1.31. The Morgan fingerprint density at radius 1 is 1.39 bits per heavy atom. The third-order valence-electron chi connectivity index (χ3n) is 3.25. The number of benzene rings is 1. The van der Waals surface area contributed by atoms with E-state index in [4.69, 9.17) is 4.74 Å². The molecule has 0 amide bonds. The molecule has 0 bridgehead atoms. The number of ether oxygens (including phenoxy) is 1. The fourth-order valence-electron chi connectivity index (χ4n) is 2.18. The average Bonchev–Trinajstić information content (AvgIpc) is 3.14. The van der Waals surface area contributed by atoms with Crippen LogP contribution in [0.5, 0.6) is 5.75 Å². The predicted octanol–water partition coefficient (Wildman–Crippen LogP) is 4.59. The highest BCUT2D eigenvalue weighted by molar-refractivity contribution is 8.93. The van der Waals surface area contributed by atoms with E-state index in [-0.39, 0.29) is 22.8 Å². The first-order valence-electron chi connectivity index (χ1n) is 6.98. The molecule has 23 heavy (non-hydrogen) atoms. The van der Waals surface area contributed by atoms with Crippen LogP contribution in [0.25, 0.3) is 11.0 Å². The van der Waals surface area contributed by atoms with Crippen molar-refractivity contribution in [2.45, 2.75) is 12.1 Å². The number of halogens is 1. The predicted molar refractivity (Wildman–Crippen MR) is 102 cm³/mol. The molecule has 0 aliphatic carbocycles. The Kier molecular flexibility index (Phi) is 6.26. The van der Waals surface area contributed by atoms with Gasteiger partial charge in [0.05, 0.1) is 28.3 Å². The molecule has 0 radical (unpaired) electrons. The number of nitrogens with zero attached hydrogens (tertiary/aromatic N) is 2. The number of thiophene rings is 1. The molecular weight excluding hydrogens is 396 g/mol. The van der Waals surface area contributed by atoms with Gasteiger partial charge in [-0.2, -0.15) is 0 Å². The van der Waals surface area contributed by atoms with Crippen LogP contribution in [-0.4, -0.2) is 27.7 Å². The van der Waals surface area contributed by atoms with Gasteiger partial charge in [0.15, 0.2) is 10.9 Å². The third kappa shape index (κ3) is 3.97. The molecule has 0 unspecified atom stereocenters. The van der Waals surface area contributed by atoms with Crippen molar-refractivity contribution < 1.29 is 9.53 Å². The van der Waals surface area contributed by atoms with Crippen molar-refractivity contribution in [3.63, 3.8) is 0 Å². The first-order chi connectivity index (χ1) is 10.7. The second-order valence-electron chi connectivity index (χ2n) is 4.73. The minimum atomic E-state index is 0. The largest absolute Gasteiger partial charge is 0.494 e. The van der Waals surface area contributed by atoms with Crippen LogP contribution in [0.2, 0.25) is 0 Å². The number of hydrogen-bond donors (Lipinski definition) is 0. The lowest BCUT2D eigenvalue weighted by atomic mass is 10.3. The van der Waals surface area contributed by atoms with E-state index in [0.29, 0.717) is 12.4 Å². The van der Waals surface area contributed by atoms with Crippen LogP contribution in [0.15, 0.2) is 40.9 Å². The van der Waals surface area contributed by atoms with Crippen molar-refractivity contribution in [1.82, 2.24) is 9.55 Å². The summed E-state index contributed by atoms with van der Waals surface area (Å²) in [6.07, 6.45) is 0. The number of ketones is 1. The Balaban J connectivity index is 0.00000192. The van der Waals surface area contributed by atoms with Crippen molar-refractivity contribution in [2.75, 3.05) is 12.4 Å². The lowest BCUT2D eigenvalue weighted by Gasteiger charge is -2.02. The molecular formula is C16H17BrN2O2S2. The van der Waals surface area contributed by atoms with Crippen LogP contribution in [0.1, 0.15) is 16.6 Å². The summed E-state index contributed by atoms with van der Waals surface area (Å²) in [5.74, 6) is 1.36. The van der Waals surface area contributed by atoms with E-state index in [9.17, 15) is 4.79 Å². The van der Waals surface area contributed by atoms with E-state index >= 15 is 0 Å². The van der Waals surface area contributed by atoms with Crippen LogP contribution < -0.4 is 4.74 Å². The lowest BCUT2D eigenvalue weighted by Crippen LogP contribution is -2.01. The fraction of sp³-hybridized carbons (Fsp3) is 0.250. The van der Waals surface area contributed by atoms with Gasteiger partial charge in [-0.05, 0) is 30.5 Å². The van der Waals surface area contributed by atoms with Crippen molar-refractivity contribution >= 4 is 56.9 Å². The first kappa shape index (κ1) is 18.0. The van der Waals surface area contributed by atoms with E-state index in [0.717, 1.165) is 26.8 Å². The second-order valence-corrected chi connectivity index (χ2v) is 6.62. The molecule has 0 spiro atoms. The zero-order chi connectivity index (χ0) is 15.5. The van der Waals surface area contributed by atoms with Gasteiger partial charge in [-0.25, -0.2) is 4.98 Å². The molecule has 1 aromatic carbocycles. The zero-order valence-corrected chi connectivity index (χ0v) is 16.2. The molecule has 3 rings (SSSR count). The molecule has 0 aliphatic rings. The van der Waals surface area contributed by atoms with Crippen LogP contribution in [-0.2, 0) is 7.05 Å². The molecule has 0 atom stereocenters. The molecule has 3 aromatic rings. The summed E-state index contributed by atoms with van der Waals surface area (Å²) in [5.41, 5.74) is 1.93. The molecule has 122 valence electrons. The molecule has 4 nitrogen and oxygen atoms in total.